The van der Waals surface area contributed by atoms with Crippen molar-refractivity contribution in [2.75, 3.05) is 11.1 Å². The molecule has 5 nitrogen and oxygen atoms in total. The van der Waals surface area contributed by atoms with Crippen molar-refractivity contribution in [3.8, 4) is 22.6 Å². The first-order valence-electron chi connectivity index (χ1n) is 12.8. The van der Waals surface area contributed by atoms with Gasteiger partial charge in [-0.2, -0.15) is 13.2 Å². The first-order chi connectivity index (χ1) is 19.5. The van der Waals surface area contributed by atoms with Crippen LogP contribution >= 0.6 is 0 Å². The van der Waals surface area contributed by atoms with Crippen LogP contribution < -0.4 is 10.1 Å². The van der Waals surface area contributed by atoms with Crippen molar-refractivity contribution >= 4 is 21.4 Å². The van der Waals surface area contributed by atoms with Crippen LogP contribution in [0.4, 0.5) is 23.2 Å². The normalized spacial score (nSPS) is 13.6. The molecule has 1 aliphatic rings. The summed E-state index contributed by atoms with van der Waals surface area (Å²) in [5, 5.41) is 2.73. The van der Waals surface area contributed by atoms with Gasteiger partial charge in [0.1, 0.15) is 17.3 Å². The summed E-state index contributed by atoms with van der Waals surface area (Å²) < 4.78 is 84.4. The third kappa shape index (κ3) is 7.32. The summed E-state index contributed by atoms with van der Waals surface area (Å²) in [6, 6.07) is 20.8. The van der Waals surface area contributed by atoms with E-state index in [9.17, 15) is 30.8 Å². The molecule has 0 radical (unpaired) electrons. The molecule has 0 unspecified atom stereocenters. The molecule has 0 saturated heterocycles. The van der Waals surface area contributed by atoms with Crippen LogP contribution in [0, 0.1) is 11.7 Å². The number of amides is 1. The van der Waals surface area contributed by atoms with Gasteiger partial charge in [0.05, 0.1) is 22.6 Å². The van der Waals surface area contributed by atoms with Gasteiger partial charge in [0.25, 0.3) is 0 Å². The summed E-state index contributed by atoms with van der Waals surface area (Å²) >= 11 is 0. The SMILES string of the molecule is O=C(Cc1ccc(S(=O)(=O)CC2CC2)cc1)Nc1ccc(-c2cccc(F)c2)c(Oc2cccc(C(F)(F)F)c2)c1. The lowest BCUT2D eigenvalue weighted by molar-refractivity contribution is -0.137. The fourth-order valence-corrected chi connectivity index (χ4v) is 6.04. The molecule has 10 heteroatoms. The molecule has 0 heterocycles. The number of nitrogens with one attached hydrogen (secondary N) is 1. The van der Waals surface area contributed by atoms with E-state index in [-0.39, 0.29) is 34.5 Å². The quantitative estimate of drug-likeness (QED) is 0.205. The maximum Gasteiger partial charge on any atom is 0.416 e. The molecule has 1 amide bonds. The lowest BCUT2D eigenvalue weighted by Gasteiger charge is -2.15. The Balaban J connectivity index is 1.36. The Morgan fingerprint density at radius 1 is 0.902 bits per heavy atom. The van der Waals surface area contributed by atoms with Gasteiger partial charge in [0.2, 0.25) is 5.91 Å². The molecule has 1 fully saturated rings. The Hall–Kier alpha value is -4.18. The molecule has 0 spiro atoms. The van der Waals surface area contributed by atoms with Crippen LogP contribution in [0.25, 0.3) is 11.1 Å². The molecule has 1 N–H and O–H groups in total. The number of rotatable bonds is 9. The minimum Gasteiger partial charge on any atom is -0.457 e. The fourth-order valence-electron chi connectivity index (χ4n) is 4.34. The zero-order valence-corrected chi connectivity index (χ0v) is 22.4. The van der Waals surface area contributed by atoms with Crippen molar-refractivity contribution in [3.05, 3.63) is 108 Å². The van der Waals surface area contributed by atoms with E-state index in [0.29, 0.717) is 22.4 Å². The molecule has 5 rings (SSSR count). The molecular weight excluding hydrogens is 558 g/mol. The maximum atomic E-state index is 13.9. The summed E-state index contributed by atoms with van der Waals surface area (Å²) in [6.45, 7) is 0. The number of carbonyl (C=O) groups is 1. The Bertz CT molecular complexity index is 1680. The average Bonchev–Trinajstić information content (AvgIpc) is 3.72. The van der Waals surface area contributed by atoms with Crippen LogP contribution in [0.2, 0.25) is 0 Å². The van der Waals surface area contributed by atoms with Gasteiger partial charge in [0, 0.05) is 17.3 Å². The van der Waals surface area contributed by atoms with E-state index in [0.717, 1.165) is 25.0 Å². The van der Waals surface area contributed by atoms with Gasteiger partial charge in [-0.15, -0.1) is 0 Å². The molecule has 1 aliphatic carbocycles. The van der Waals surface area contributed by atoms with Gasteiger partial charge in [0.15, 0.2) is 9.84 Å². The topological polar surface area (TPSA) is 72.5 Å². The van der Waals surface area contributed by atoms with Gasteiger partial charge in [-0.1, -0.05) is 30.3 Å². The Morgan fingerprint density at radius 2 is 1.63 bits per heavy atom. The fraction of sp³-hybridized carbons (Fsp3) is 0.194. The van der Waals surface area contributed by atoms with Crippen LogP contribution in [-0.2, 0) is 27.2 Å². The van der Waals surface area contributed by atoms with Crippen molar-refractivity contribution in [1.82, 2.24) is 0 Å². The number of hydrogen-bond acceptors (Lipinski definition) is 4. The highest BCUT2D eigenvalue weighted by Crippen LogP contribution is 2.38. The Kier molecular flexibility index (Phi) is 7.86. The minimum absolute atomic E-state index is 0.0432. The number of sulfone groups is 1. The van der Waals surface area contributed by atoms with Crippen molar-refractivity contribution in [2.24, 2.45) is 5.92 Å². The number of benzene rings is 4. The summed E-state index contributed by atoms with van der Waals surface area (Å²) in [5.74, 6) is -0.530. The van der Waals surface area contributed by atoms with Gasteiger partial charge in [-0.05, 0) is 84.5 Å². The second kappa shape index (κ2) is 11.4. The summed E-state index contributed by atoms with van der Waals surface area (Å²) in [6.07, 6.45) is -2.76. The molecule has 1 saturated carbocycles. The van der Waals surface area contributed by atoms with E-state index in [1.807, 2.05) is 0 Å². The minimum atomic E-state index is -4.57. The molecule has 41 heavy (non-hydrogen) atoms. The van der Waals surface area contributed by atoms with E-state index >= 15 is 0 Å². The van der Waals surface area contributed by atoms with Gasteiger partial charge in [-0.3, -0.25) is 4.79 Å². The van der Waals surface area contributed by atoms with Crippen molar-refractivity contribution in [1.29, 1.82) is 0 Å². The first-order valence-corrected chi connectivity index (χ1v) is 14.5. The average molecular weight is 584 g/mol. The number of carbonyl (C=O) groups excluding carboxylic acids is 1. The van der Waals surface area contributed by atoms with Crippen LogP contribution in [-0.4, -0.2) is 20.1 Å². The molecule has 4 aromatic carbocycles. The van der Waals surface area contributed by atoms with Crippen LogP contribution in [0.5, 0.6) is 11.5 Å². The van der Waals surface area contributed by atoms with Crippen LogP contribution in [0.3, 0.4) is 0 Å². The van der Waals surface area contributed by atoms with E-state index < -0.39 is 33.3 Å². The first kappa shape index (κ1) is 28.4. The number of ether oxygens (including phenoxy) is 1. The molecule has 212 valence electrons. The lowest BCUT2D eigenvalue weighted by atomic mass is 10.0. The lowest BCUT2D eigenvalue weighted by Crippen LogP contribution is -2.14. The zero-order valence-electron chi connectivity index (χ0n) is 21.6. The molecule has 0 aromatic heterocycles. The van der Waals surface area contributed by atoms with Crippen LogP contribution in [0.1, 0.15) is 24.0 Å². The van der Waals surface area contributed by atoms with E-state index in [4.69, 9.17) is 4.74 Å². The predicted octanol–water partition coefficient (Wildman–Crippen LogP) is 7.67. The highest BCUT2D eigenvalue weighted by molar-refractivity contribution is 7.91. The summed E-state index contributed by atoms with van der Waals surface area (Å²) in [4.78, 5) is 13.0. The van der Waals surface area contributed by atoms with E-state index in [2.05, 4.69) is 5.32 Å². The Labute approximate surface area is 234 Å². The van der Waals surface area contributed by atoms with Crippen molar-refractivity contribution < 1.29 is 35.5 Å². The molecule has 0 atom stereocenters. The highest BCUT2D eigenvalue weighted by Gasteiger charge is 2.31. The number of halogens is 4. The number of hydrogen-bond donors (Lipinski definition) is 1. The third-order valence-corrected chi connectivity index (χ3v) is 8.49. The van der Waals surface area contributed by atoms with E-state index in [1.165, 1.54) is 48.5 Å². The molecule has 0 aliphatic heterocycles. The largest absolute Gasteiger partial charge is 0.457 e. The van der Waals surface area contributed by atoms with Crippen LogP contribution in [0.15, 0.2) is 95.9 Å². The number of anilines is 1. The second-order valence-electron chi connectivity index (χ2n) is 9.94. The Morgan fingerprint density at radius 3 is 2.32 bits per heavy atom. The third-order valence-electron chi connectivity index (χ3n) is 6.59. The number of alkyl halides is 3. The smallest absolute Gasteiger partial charge is 0.416 e. The van der Waals surface area contributed by atoms with E-state index in [1.54, 1.807) is 30.3 Å². The van der Waals surface area contributed by atoms with Crippen molar-refractivity contribution in [3.63, 3.8) is 0 Å². The zero-order chi connectivity index (χ0) is 29.2. The van der Waals surface area contributed by atoms with Gasteiger partial charge >= 0.3 is 6.18 Å². The summed E-state index contributed by atoms with van der Waals surface area (Å²) in [7, 11) is -3.36. The van der Waals surface area contributed by atoms with Gasteiger partial charge in [-0.25, -0.2) is 12.8 Å². The molecular formula is C31H25F4NO4S. The van der Waals surface area contributed by atoms with Crippen molar-refractivity contribution in [2.45, 2.75) is 30.3 Å². The maximum absolute atomic E-state index is 13.9. The molecule has 0 bridgehead atoms. The summed E-state index contributed by atoms with van der Waals surface area (Å²) in [5.41, 5.74) is 0.855. The predicted molar refractivity (Wildman–Crippen MR) is 147 cm³/mol. The second-order valence-corrected chi connectivity index (χ2v) is 12.0. The highest BCUT2D eigenvalue weighted by atomic mass is 32.2. The van der Waals surface area contributed by atoms with Gasteiger partial charge < -0.3 is 10.1 Å². The molecule has 4 aromatic rings. The monoisotopic (exact) mass is 583 g/mol. The standard InChI is InChI=1S/C31H25F4NO4S/c32-24-5-1-3-22(16-24)28-14-11-25(18-29(28)40-26-6-2-4-23(17-26)31(33,34)35)36-30(37)15-20-9-12-27(13-10-20)41(38,39)19-21-7-8-21/h1-6,9-14,16-18,21H,7-8,15,19H2,(H,36,37).